The van der Waals surface area contributed by atoms with Crippen LogP contribution in [0.3, 0.4) is 0 Å². The number of hydrogen-bond acceptors (Lipinski definition) is 2. The number of hydrogen-bond donors (Lipinski definition) is 0. The van der Waals surface area contributed by atoms with E-state index in [9.17, 15) is 0 Å². The van der Waals surface area contributed by atoms with Gasteiger partial charge in [-0.05, 0) is 183 Å². The summed E-state index contributed by atoms with van der Waals surface area (Å²) in [6.45, 7) is 9.37. The van der Waals surface area contributed by atoms with E-state index in [4.69, 9.17) is 0 Å². The summed E-state index contributed by atoms with van der Waals surface area (Å²) in [7, 11) is 0. The van der Waals surface area contributed by atoms with Gasteiger partial charge in [0.05, 0.1) is 0 Å². The molecule has 5 aliphatic rings. The third-order valence-corrected chi connectivity index (χ3v) is 14.3. The van der Waals surface area contributed by atoms with Gasteiger partial charge in [-0.25, -0.2) is 0 Å². The van der Waals surface area contributed by atoms with Gasteiger partial charge in [-0.15, -0.1) is 0 Å². The molecule has 0 aromatic heterocycles. The summed E-state index contributed by atoms with van der Waals surface area (Å²) in [5.74, 6) is 0. The Kier molecular flexibility index (Phi) is 8.53. The van der Waals surface area contributed by atoms with Gasteiger partial charge in [0.2, 0.25) is 0 Å². The standard InChI is InChI=1S/C55H54N2/c1-55(2)51-20-10-9-18-44(51)45-26-23-40(34-52(45)55)53-47-27-24-42(57-31-13-4-14-32-57)36-50(47)54(48-28-25-41(35-49(48)53)56-29-11-3-12-30-56)46-19-8-7-17-43(46)39-22-21-37-15-5-6-16-38(37)33-39/h5,7-10,15,17-20,23-28,33-36H,3-4,6,11-14,16,21-22,29-32H2,1-2H3. The SMILES string of the molecule is CC1(C)c2ccccc2-c2ccc(-c3c4cc(N5CCCCC5)ccc4c(-c4ccccc4C4=CC5=C(C=CCC5)CC4)c4cc(N5CCCCC5)ccc34)cc21. The molecule has 2 nitrogen and oxygen atoms in total. The summed E-state index contributed by atoms with van der Waals surface area (Å²) >= 11 is 0. The molecule has 0 amide bonds. The van der Waals surface area contributed by atoms with Gasteiger partial charge < -0.3 is 9.80 Å². The fourth-order valence-corrected chi connectivity index (χ4v) is 11.2. The second-order valence-electron chi connectivity index (χ2n) is 17.9. The molecule has 57 heavy (non-hydrogen) atoms. The zero-order chi connectivity index (χ0) is 38.1. The fraction of sp³-hybridized carbons (Fsp3) is 0.309. The van der Waals surface area contributed by atoms with E-state index in [1.165, 1.54) is 127 Å². The lowest BCUT2D eigenvalue weighted by atomic mass is 9.79. The monoisotopic (exact) mass is 742 g/mol. The molecule has 11 rings (SSSR count). The van der Waals surface area contributed by atoms with Crippen molar-refractivity contribution in [1.82, 2.24) is 0 Å². The highest BCUT2D eigenvalue weighted by Gasteiger charge is 2.35. The minimum atomic E-state index is -0.0655. The maximum Gasteiger partial charge on any atom is 0.0372 e. The molecule has 284 valence electrons. The molecule has 0 bridgehead atoms. The first-order chi connectivity index (χ1) is 28.0. The van der Waals surface area contributed by atoms with Crippen LogP contribution in [0.2, 0.25) is 0 Å². The molecule has 0 N–H and O–H groups in total. The van der Waals surface area contributed by atoms with Crippen LogP contribution in [0.25, 0.3) is 60.5 Å². The van der Waals surface area contributed by atoms with Crippen LogP contribution in [0.1, 0.15) is 94.7 Å². The second-order valence-corrected chi connectivity index (χ2v) is 17.9. The predicted molar refractivity (Wildman–Crippen MR) is 245 cm³/mol. The van der Waals surface area contributed by atoms with Crippen molar-refractivity contribution in [1.29, 1.82) is 0 Å². The van der Waals surface area contributed by atoms with Gasteiger partial charge in [0.1, 0.15) is 0 Å². The average Bonchev–Trinajstić information content (AvgIpc) is 3.50. The van der Waals surface area contributed by atoms with Crippen molar-refractivity contribution >= 4 is 38.5 Å². The number of allylic oxidation sites excluding steroid dienone is 6. The molecule has 3 aliphatic carbocycles. The Morgan fingerprint density at radius 3 is 1.81 bits per heavy atom. The van der Waals surface area contributed by atoms with E-state index in [0.29, 0.717) is 0 Å². The van der Waals surface area contributed by atoms with E-state index in [0.717, 1.165) is 51.9 Å². The van der Waals surface area contributed by atoms with E-state index in [1.807, 2.05) is 0 Å². The van der Waals surface area contributed by atoms with Crippen LogP contribution in [-0.4, -0.2) is 26.2 Å². The van der Waals surface area contributed by atoms with Gasteiger partial charge in [0, 0.05) is 43.0 Å². The van der Waals surface area contributed by atoms with E-state index in [1.54, 1.807) is 11.1 Å². The molecular formula is C55H54N2. The number of piperidine rings is 2. The molecule has 0 radical (unpaired) electrons. The number of benzene rings is 6. The lowest BCUT2D eigenvalue weighted by molar-refractivity contribution is 0.578. The van der Waals surface area contributed by atoms with Gasteiger partial charge in [-0.3, -0.25) is 0 Å². The molecule has 0 saturated carbocycles. The van der Waals surface area contributed by atoms with Crippen molar-refractivity contribution in [3.63, 3.8) is 0 Å². The zero-order valence-electron chi connectivity index (χ0n) is 33.8. The third kappa shape index (κ3) is 5.81. The smallest absolute Gasteiger partial charge is 0.0372 e. The normalized spacial score (nSPS) is 18.8. The van der Waals surface area contributed by atoms with Crippen LogP contribution in [0.15, 0.2) is 133 Å². The summed E-state index contributed by atoms with van der Waals surface area (Å²) in [5, 5.41) is 5.46. The van der Waals surface area contributed by atoms with E-state index >= 15 is 0 Å². The van der Waals surface area contributed by atoms with Crippen LogP contribution in [-0.2, 0) is 5.41 Å². The van der Waals surface area contributed by atoms with Crippen molar-refractivity contribution in [2.24, 2.45) is 0 Å². The minimum absolute atomic E-state index is 0.0655. The zero-order valence-corrected chi connectivity index (χ0v) is 33.8. The van der Waals surface area contributed by atoms with Gasteiger partial charge in [0.25, 0.3) is 0 Å². The maximum absolute atomic E-state index is 2.64. The average molecular weight is 743 g/mol. The Balaban J connectivity index is 1.21. The van der Waals surface area contributed by atoms with Crippen molar-refractivity contribution in [2.75, 3.05) is 36.0 Å². The van der Waals surface area contributed by atoms with Crippen molar-refractivity contribution in [3.8, 4) is 33.4 Å². The van der Waals surface area contributed by atoms with Crippen LogP contribution >= 0.6 is 0 Å². The summed E-state index contributed by atoms with van der Waals surface area (Å²) in [4.78, 5) is 5.29. The van der Waals surface area contributed by atoms with Crippen molar-refractivity contribution in [2.45, 2.75) is 83.5 Å². The highest BCUT2D eigenvalue weighted by Crippen LogP contribution is 2.52. The molecule has 6 aromatic carbocycles. The molecule has 2 heteroatoms. The summed E-state index contributed by atoms with van der Waals surface area (Å²) in [5.41, 5.74) is 19.7. The molecule has 0 unspecified atom stereocenters. The summed E-state index contributed by atoms with van der Waals surface area (Å²) < 4.78 is 0. The number of anilines is 2. The predicted octanol–water partition coefficient (Wildman–Crippen LogP) is 14.4. The molecule has 0 atom stereocenters. The molecule has 0 spiro atoms. The lowest BCUT2D eigenvalue weighted by Gasteiger charge is -2.31. The Morgan fingerprint density at radius 2 is 1.09 bits per heavy atom. The Labute approximate surface area is 339 Å². The van der Waals surface area contributed by atoms with Crippen molar-refractivity contribution in [3.05, 3.63) is 149 Å². The molecule has 2 fully saturated rings. The Morgan fingerprint density at radius 1 is 0.474 bits per heavy atom. The van der Waals surface area contributed by atoms with Crippen LogP contribution < -0.4 is 9.80 Å². The first kappa shape index (κ1) is 34.9. The fourth-order valence-electron chi connectivity index (χ4n) is 11.2. The highest BCUT2D eigenvalue weighted by atomic mass is 15.1. The lowest BCUT2D eigenvalue weighted by Crippen LogP contribution is -2.29. The Bertz CT molecular complexity index is 2670. The quantitative estimate of drug-likeness (QED) is 0.162. The number of rotatable bonds is 5. The van der Waals surface area contributed by atoms with Crippen LogP contribution in [0.5, 0.6) is 0 Å². The summed E-state index contributed by atoms with van der Waals surface area (Å²) in [6.07, 6.45) is 19.5. The molecule has 2 heterocycles. The number of nitrogens with zero attached hydrogens (tertiary/aromatic N) is 2. The van der Waals surface area contributed by atoms with Gasteiger partial charge in [-0.1, -0.05) is 105 Å². The van der Waals surface area contributed by atoms with E-state index < -0.39 is 0 Å². The van der Waals surface area contributed by atoms with Gasteiger partial charge in [0.15, 0.2) is 0 Å². The topological polar surface area (TPSA) is 6.48 Å². The van der Waals surface area contributed by atoms with E-state index in [2.05, 4.69) is 145 Å². The molecular weight excluding hydrogens is 689 g/mol. The molecule has 2 saturated heterocycles. The molecule has 6 aromatic rings. The largest absolute Gasteiger partial charge is 0.372 e. The minimum Gasteiger partial charge on any atom is -0.372 e. The highest BCUT2D eigenvalue weighted by molar-refractivity contribution is 6.23. The van der Waals surface area contributed by atoms with Crippen LogP contribution in [0, 0.1) is 0 Å². The Hall–Kier alpha value is -5.34. The molecule has 2 aliphatic heterocycles. The first-order valence-electron chi connectivity index (χ1n) is 22.0. The van der Waals surface area contributed by atoms with Crippen LogP contribution in [0.4, 0.5) is 11.4 Å². The van der Waals surface area contributed by atoms with Crippen molar-refractivity contribution < 1.29 is 0 Å². The maximum atomic E-state index is 2.64. The number of fused-ring (bicyclic) bond motifs is 5. The third-order valence-electron chi connectivity index (χ3n) is 14.3. The van der Waals surface area contributed by atoms with Gasteiger partial charge in [-0.2, -0.15) is 0 Å². The van der Waals surface area contributed by atoms with E-state index in [-0.39, 0.29) is 5.41 Å². The summed E-state index contributed by atoms with van der Waals surface area (Å²) in [6, 6.07) is 40.9. The van der Waals surface area contributed by atoms with Gasteiger partial charge >= 0.3 is 0 Å². The first-order valence-corrected chi connectivity index (χ1v) is 22.0. The second kappa shape index (κ2) is 13.9.